The fourth-order valence-corrected chi connectivity index (χ4v) is 1.78. The van der Waals surface area contributed by atoms with E-state index in [4.69, 9.17) is 10.5 Å². The second-order valence-corrected chi connectivity index (χ2v) is 4.60. The molecule has 0 saturated heterocycles. The number of nitrogens with two attached hydrogens (primary N) is 1. The Bertz CT molecular complexity index is 604. The van der Waals surface area contributed by atoms with Gasteiger partial charge in [0.15, 0.2) is 0 Å². The summed E-state index contributed by atoms with van der Waals surface area (Å²) in [5.74, 6) is 0.238. The van der Waals surface area contributed by atoms with Crippen LogP contribution in [-0.4, -0.2) is 28.3 Å². The first-order valence-electron chi connectivity index (χ1n) is 6.11. The molecule has 1 amide bonds. The molecular formula is C13H18N4O2. The summed E-state index contributed by atoms with van der Waals surface area (Å²) in [5, 5.41) is 3.10. The summed E-state index contributed by atoms with van der Waals surface area (Å²) >= 11 is 0. The molecule has 102 valence electrons. The Morgan fingerprint density at radius 3 is 2.89 bits per heavy atom. The van der Waals surface area contributed by atoms with E-state index in [1.165, 1.54) is 0 Å². The van der Waals surface area contributed by atoms with Crippen LogP contribution in [0.5, 0.6) is 0 Å². The lowest BCUT2D eigenvalue weighted by Gasteiger charge is -2.09. The van der Waals surface area contributed by atoms with Gasteiger partial charge >= 0.3 is 0 Å². The molecule has 2 rings (SSSR count). The molecule has 19 heavy (non-hydrogen) atoms. The van der Waals surface area contributed by atoms with Crippen molar-refractivity contribution in [2.24, 2.45) is 12.8 Å². The number of fused-ring (bicyclic) bond motifs is 1. The van der Waals surface area contributed by atoms with Crippen LogP contribution >= 0.6 is 0 Å². The lowest BCUT2D eigenvalue weighted by atomic mass is 10.2. The van der Waals surface area contributed by atoms with Crippen LogP contribution < -0.4 is 11.1 Å². The van der Waals surface area contributed by atoms with E-state index >= 15 is 0 Å². The molecule has 6 nitrogen and oxygen atoms in total. The summed E-state index contributed by atoms with van der Waals surface area (Å²) in [6.07, 6.45) is 0.156. The van der Waals surface area contributed by atoms with E-state index in [2.05, 4.69) is 10.3 Å². The van der Waals surface area contributed by atoms with Crippen molar-refractivity contribution >= 4 is 22.9 Å². The van der Waals surface area contributed by atoms with E-state index < -0.39 is 5.91 Å². The zero-order valence-corrected chi connectivity index (χ0v) is 11.3. The van der Waals surface area contributed by atoms with Gasteiger partial charge < -0.3 is 20.4 Å². The van der Waals surface area contributed by atoms with Gasteiger partial charge in [0.1, 0.15) is 6.73 Å². The molecule has 0 saturated carbocycles. The third kappa shape index (κ3) is 2.85. The summed E-state index contributed by atoms with van der Waals surface area (Å²) in [6.45, 7) is 4.32. The highest BCUT2D eigenvalue weighted by molar-refractivity contribution is 5.96. The third-order valence-electron chi connectivity index (χ3n) is 2.81. The molecule has 0 unspecified atom stereocenters. The average Bonchev–Trinajstić information content (AvgIpc) is 2.65. The lowest BCUT2D eigenvalue weighted by Crippen LogP contribution is -2.13. The van der Waals surface area contributed by atoms with Crippen LogP contribution in [0.2, 0.25) is 0 Å². The van der Waals surface area contributed by atoms with Gasteiger partial charge in [-0.15, -0.1) is 0 Å². The summed E-state index contributed by atoms with van der Waals surface area (Å²) in [6, 6.07) is 5.21. The van der Waals surface area contributed by atoms with E-state index in [0.29, 0.717) is 18.2 Å². The van der Waals surface area contributed by atoms with Crippen LogP contribution in [0.25, 0.3) is 11.0 Å². The maximum absolute atomic E-state index is 11.1. The number of hydrogen-bond donors (Lipinski definition) is 2. The Hall–Kier alpha value is -2.08. The largest absolute Gasteiger partial charge is 0.366 e. The maximum Gasteiger partial charge on any atom is 0.248 e. The molecule has 0 bridgehead atoms. The van der Waals surface area contributed by atoms with Crippen LogP contribution in [-0.2, 0) is 11.8 Å². The minimum atomic E-state index is -0.454. The van der Waals surface area contributed by atoms with Gasteiger partial charge in [-0.1, -0.05) is 0 Å². The van der Waals surface area contributed by atoms with Crippen LogP contribution in [0, 0.1) is 0 Å². The molecule has 1 heterocycles. The van der Waals surface area contributed by atoms with Crippen LogP contribution in [0.1, 0.15) is 24.2 Å². The van der Waals surface area contributed by atoms with Crippen molar-refractivity contribution in [2.45, 2.75) is 20.0 Å². The lowest BCUT2D eigenvalue weighted by molar-refractivity contribution is 0.0934. The fourth-order valence-electron chi connectivity index (χ4n) is 1.78. The van der Waals surface area contributed by atoms with Crippen molar-refractivity contribution in [2.75, 3.05) is 12.0 Å². The van der Waals surface area contributed by atoms with Crippen molar-refractivity contribution in [3.63, 3.8) is 0 Å². The predicted octanol–water partition coefficient (Wildman–Crippen LogP) is 1.47. The number of primary amides is 1. The monoisotopic (exact) mass is 262 g/mol. The van der Waals surface area contributed by atoms with Crippen molar-refractivity contribution < 1.29 is 9.53 Å². The molecule has 3 N–H and O–H groups in total. The van der Waals surface area contributed by atoms with Gasteiger partial charge in [0.05, 0.1) is 17.1 Å². The summed E-state index contributed by atoms with van der Waals surface area (Å²) in [7, 11) is 1.90. The number of aromatic nitrogens is 2. The summed E-state index contributed by atoms with van der Waals surface area (Å²) in [5.41, 5.74) is 7.36. The van der Waals surface area contributed by atoms with Crippen LogP contribution in [0.4, 0.5) is 5.95 Å². The number of benzene rings is 1. The molecule has 2 aromatic rings. The molecule has 0 atom stereocenters. The molecule has 1 aromatic carbocycles. The molecule has 0 spiro atoms. The molecular weight excluding hydrogens is 244 g/mol. The number of ether oxygens (including phenoxy) is 1. The Kier molecular flexibility index (Phi) is 3.71. The predicted molar refractivity (Wildman–Crippen MR) is 73.9 cm³/mol. The van der Waals surface area contributed by atoms with Crippen molar-refractivity contribution in [1.82, 2.24) is 9.55 Å². The van der Waals surface area contributed by atoms with Gasteiger partial charge in [0.25, 0.3) is 0 Å². The van der Waals surface area contributed by atoms with Gasteiger partial charge in [0, 0.05) is 12.6 Å². The van der Waals surface area contributed by atoms with E-state index in [9.17, 15) is 4.79 Å². The van der Waals surface area contributed by atoms with Gasteiger partial charge in [0.2, 0.25) is 11.9 Å². The zero-order chi connectivity index (χ0) is 14.0. The molecule has 6 heteroatoms. The molecule has 0 radical (unpaired) electrons. The molecule has 0 aliphatic heterocycles. The number of nitrogens with zero attached hydrogens (tertiary/aromatic N) is 2. The minimum Gasteiger partial charge on any atom is -0.366 e. The molecule has 0 aliphatic carbocycles. The van der Waals surface area contributed by atoms with Crippen LogP contribution in [0.15, 0.2) is 18.2 Å². The number of carbonyl (C=O) groups is 1. The number of anilines is 1. The first-order chi connectivity index (χ1) is 8.99. The smallest absolute Gasteiger partial charge is 0.248 e. The highest BCUT2D eigenvalue weighted by Crippen LogP contribution is 2.19. The van der Waals surface area contributed by atoms with Crippen LogP contribution in [0.3, 0.4) is 0 Å². The number of rotatable bonds is 5. The van der Waals surface area contributed by atoms with E-state index in [1.54, 1.807) is 12.1 Å². The highest BCUT2D eigenvalue weighted by Gasteiger charge is 2.09. The third-order valence-corrected chi connectivity index (χ3v) is 2.81. The maximum atomic E-state index is 11.1. The number of carbonyl (C=O) groups excluding carboxylic acids is 1. The topological polar surface area (TPSA) is 82.2 Å². The Balaban J connectivity index is 2.26. The number of aryl methyl sites for hydroxylation is 1. The summed E-state index contributed by atoms with van der Waals surface area (Å²) in [4.78, 5) is 15.6. The first kappa shape index (κ1) is 13.4. The number of imidazole rings is 1. The Morgan fingerprint density at radius 1 is 1.53 bits per heavy atom. The van der Waals surface area contributed by atoms with Gasteiger partial charge in [-0.3, -0.25) is 4.79 Å². The summed E-state index contributed by atoms with van der Waals surface area (Å²) < 4.78 is 7.33. The number of nitrogens with one attached hydrogen (secondary N) is 1. The zero-order valence-electron chi connectivity index (χ0n) is 11.3. The van der Waals surface area contributed by atoms with Crippen molar-refractivity contribution in [3.05, 3.63) is 23.8 Å². The SMILES string of the molecule is CC(C)OCNc1nc2cc(C(N)=O)ccc2n1C. The highest BCUT2D eigenvalue weighted by atomic mass is 16.5. The quantitative estimate of drug-likeness (QED) is 0.799. The number of hydrogen-bond acceptors (Lipinski definition) is 4. The van der Waals surface area contributed by atoms with Gasteiger partial charge in [-0.05, 0) is 32.0 Å². The van der Waals surface area contributed by atoms with Gasteiger partial charge in [-0.25, -0.2) is 4.98 Å². The minimum absolute atomic E-state index is 0.156. The Labute approximate surface area is 111 Å². The Morgan fingerprint density at radius 2 is 2.26 bits per heavy atom. The second-order valence-electron chi connectivity index (χ2n) is 4.60. The number of amides is 1. The molecule has 0 fully saturated rings. The fraction of sp³-hybridized carbons (Fsp3) is 0.385. The van der Waals surface area contributed by atoms with Gasteiger partial charge in [-0.2, -0.15) is 0 Å². The first-order valence-corrected chi connectivity index (χ1v) is 6.11. The van der Waals surface area contributed by atoms with Crippen molar-refractivity contribution in [1.29, 1.82) is 0 Å². The normalized spacial score (nSPS) is 11.2. The molecule has 0 aliphatic rings. The molecule has 1 aromatic heterocycles. The van der Waals surface area contributed by atoms with E-state index in [1.807, 2.05) is 31.5 Å². The van der Waals surface area contributed by atoms with E-state index in [-0.39, 0.29) is 6.10 Å². The standard InChI is InChI=1S/C13H18N4O2/c1-8(2)19-7-15-13-16-10-6-9(12(14)18)4-5-11(10)17(13)3/h4-6,8H,7H2,1-3H3,(H2,14,18)(H,15,16). The van der Waals surface area contributed by atoms with Crippen molar-refractivity contribution in [3.8, 4) is 0 Å². The van der Waals surface area contributed by atoms with E-state index in [0.717, 1.165) is 11.0 Å². The second kappa shape index (κ2) is 5.27. The average molecular weight is 262 g/mol.